The van der Waals surface area contributed by atoms with Gasteiger partial charge >= 0.3 is 23.1 Å². The average Bonchev–Trinajstić information content (AvgIpc) is 1.83. The molecule has 1 atom stereocenters. The molecule has 9 heavy (non-hydrogen) atoms. The highest BCUT2D eigenvalue weighted by atomic mass is 24.3. The van der Waals surface area contributed by atoms with E-state index in [1.807, 2.05) is 0 Å². The van der Waals surface area contributed by atoms with Crippen LogP contribution in [0.2, 0.25) is 0 Å². The second kappa shape index (κ2) is 8.73. The van der Waals surface area contributed by atoms with Gasteiger partial charge in [-0.2, -0.15) is 0 Å². The molecular formula is C7H18MgO. The van der Waals surface area contributed by atoms with Crippen LogP contribution in [0, 0.1) is 5.92 Å². The lowest BCUT2D eigenvalue weighted by Gasteiger charge is -2.03. The van der Waals surface area contributed by atoms with E-state index in [1.54, 1.807) is 0 Å². The van der Waals surface area contributed by atoms with Crippen LogP contribution in [0.3, 0.4) is 0 Å². The van der Waals surface area contributed by atoms with Crippen LogP contribution in [0.25, 0.3) is 0 Å². The van der Waals surface area contributed by atoms with Crippen LogP contribution in [0.5, 0.6) is 0 Å². The molecule has 0 aromatic heterocycles. The number of unbranched alkanes of at least 4 members (excludes halogenated alkanes) is 1. The molecule has 0 fully saturated rings. The first kappa shape index (κ1) is 12.4. The van der Waals surface area contributed by atoms with Gasteiger partial charge in [0.25, 0.3) is 0 Å². The Morgan fingerprint density at radius 2 is 2.00 bits per heavy atom. The zero-order chi connectivity index (χ0) is 6.41. The molecule has 0 saturated carbocycles. The predicted molar refractivity (Wildman–Crippen MR) is 44.3 cm³/mol. The third-order valence-electron chi connectivity index (χ3n) is 1.36. The second-order valence-electron chi connectivity index (χ2n) is 2.43. The zero-order valence-corrected chi connectivity index (χ0v) is 5.85. The summed E-state index contributed by atoms with van der Waals surface area (Å²) in [6.45, 7) is 4.60. The highest BCUT2D eigenvalue weighted by Gasteiger charge is 1.95. The summed E-state index contributed by atoms with van der Waals surface area (Å²) in [6.07, 6.45) is 3.67. The SMILES string of the molecule is CCCCC(C)CO.[MgH2]. The molecule has 0 saturated heterocycles. The van der Waals surface area contributed by atoms with Crippen LogP contribution in [0.15, 0.2) is 0 Å². The molecule has 0 radical (unpaired) electrons. The van der Waals surface area contributed by atoms with E-state index in [4.69, 9.17) is 5.11 Å². The van der Waals surface area contributed by atoms with E-state index in [2.05, 4.69) is 13.8 Å². The van der Waals surface area contributed by atoms with Gasteiger partial charge in [-0.05, 0) is 12.3 Å². The maximum Gasteiger partial charge on any atom is 0.316 e. The fourth-order valence-corrected chi connectivity index (χ4v) is 0.644. The van der Waals surface area contributed by atoms with Crippen molar-refractivity contribution in [2.24, 2.45) is 5.92 Å². The molecule has 0 aliphatic rings. The van der Waals surface area contributed by atoms with Gasteiger partial charge < -0.3 is 5.11 Å². The molecule has 0 amide bonds. The van der Waals surface area contributed by atoms with Crippen LogP contribution in [-0.2, 0) is 0 Å². The number of rotatable bonds is 4. The van der Waals surface area contributed by atoms with E-state index in [0.29, 0.717) is 12.5 Å². The first-order valence-corrected chi connectivity index (χ1v) is 3.42. The van der Waals surface area contributed by atoms with Crippen molar-refractivity contribution in [1.82, 2.24) is 0 Å². The predicted octanol–water partition coefficient (Wildman–Crippen LogP) is 0.889. The first-order valence-electron chi connectivity index (χ1n) is 3.42. The number of aliphatic hydroxyl groups is 1. The van der Waals surface area contributed by atoms with Crippen molar-refractivity contribution in [2.75, 3.05) is 6.61 Å². The Hall–Kier alpha value is 0.726. The van der Waals surface area contributed by atoms with E-state index in [9.17, 15) is 0 Å². The maximum absolute atomic E-state index is 8.56. The molecule has 0 heterocycles. The van der Waals surface area contributed by atoms with Crippen LogP contribution in [-0.4, -0.2) is 34.8 Å². The van der Waals surface area contributed by atoms with Gasteiger partial charge in [-0.3, -0.25) is 0 Å². The summed E-state index contributed by atoms with van der Waals surface area (Å²) in [5.74, 6) is 0.509. The van der Waals surface area contributed by atoms with Gasteiger partial charge in [0.1, 0.15) is 0 Å². The molecule has 0 rings (SSSR count). The Morgan fingerprint density at radius 1 is 1.44 bits per heavy atom. The monoisotopic (exact) mass is 142 g/mol. The molecular weight excluding hydrogens is 124 g/mol. The van der Waals surface area contributed by atoms with E-state index in [-0.39, 0.29) is 23.1 Å². The van der Waals surface area contributed by atoms with E-state index >= 15 is 0 Å². The standard InChI is InChI=1S/C7H16O.Mg.2H/c1-3-4-5-7(2)6-8;;;/h7-8H,3-6H2,1-2H3;;;. The minimum absolute atomic E-state index is 0. The Balaban J connectivity index is 0. The van der Waals surface area contributed by atoms with Crippen molar-refractivity contribution in [3.63, 3.8) is 0 Å². The maximum atomic E-state index is 8.56. The quantitative estimate of drug-likeness (QED) is 0.578. The van der Waals surface area contributed by atoms with Crippen molar-refractivity contribution in [3.05, 3.63) is 0 Å². The van der Waals surface area contributed by atoms with Crippen LogP contribution in [0.1, 0.15) is 33.1 Å². The molecule has 0 aliphatic carbocycles. The van der Waals surface area contributed by atoms with Gasteiger partial charge in [0.05, 0.1) is 0 Å². The zero-order valence-electron chi connectivity index (χ0n) is 5.85. The first-order chi connectivity index (χ1) is 3.81. The van der Waals surface area contributed by atoms with Crippen molar-refractivity contribution < 1.29 is 5.11 Å². The summed E-state index contributed by atoms with van der Waals surface area (Å²) in [5, 5.41) is 8.56. The minimum Gasteiger partial charge on any atom is -0.396 e. The van der Waals surface area contributed by atoms with Crippen LogP contribution >= 0.6 is 0 Å². The number of aliphatic hydroxyl groups excluding tert-OH is 1. The second-order valence-corrected chi connectivity index (χ2v) is 2.43. The lowest BCUT2D eigenvalue weighted by atomic mass is 10.1. The lowest BCUT2D eigenvalue weighted by molar-refractivity contribution is 0.228. The fraction of sp³-hybridized carbons (Fsp3) is 1.00. The van der Waals surface area contributed by atoms with Gasteiger partial charge in [0.2, 0.25) is 0 Å². The largest absolute Gasteiger partial charge is 0.396 e. The summed E-state index contributed by atoms with van der Waals surface area (Å²) in [4.78, 5) is 0. The van der Waals surface area contributed by atoms with Crippen LogP contribution < -0.4 is 0 Å². The van der Waals surface area contributed by atoms with Gasteiger partial charge in [0, 0.05) is 6.61 Å². The smallest absolute Gasteiger partial charge is 0.316 e. The number of hydrogen-bond acceptors (Lipinski definition) is 1. The summed E-state index contributed by atoms with van der Waals surface area (Å²) in [6, 6.07) is 0. The van der Waals surface area contributed by atoms with Gasteiger partial charge in [-0.1, -0.05) is 26.7 Å². The molecule has 1 N–H and O–H groups in total. The topological polar surface area (TPSA) is 20.2 Å². The molecule has 0 bridgehead atoms. The highest BCUT2D eigenvalue weighted by Crippen LogP contribution is 2.04. The molecule has 2 heteroatoms. The van der Waals surface area contributed by atoms with Crippen molar-refractivity contribution >= 4 is 23.1 Å². The third kappa shape index (κ3) is 8.73. The summed E-state index contributed by atoms with van der Waals surface area (Å²) < 4.78 is 0. The van der Waals surface area contributed by atoms with Crippen molar-refractivity contribution in [3.8, 4) is 0 Å². The van der Waals surface area contributed by atoms with Crippen molar-refractivity contribution in [2.45, 2.75) is 33.1 Å². The van der Waals surface area contributed by atoms with Crippen LogP contribution in [0.4, 0.5) is 0 Å². The molecule has 0 aromatic carbocycles. The highest BCUT2D eigenvalue weighted by molar-refractivity contribution is 5.75. The summed E-state index contributed by atoms with van der Waals surface area (Å²) >= 11 is 0. The van der Waals surface area contributed by atoms with Gasteiger partial charge in [-0.15, -0.1) is 0 Å². The summed E-state index contributed by atoms with van der Waals surface area (Å²) in [5.41, 5.74) is 0. The Labute approximate surface area is 74.0 Å². The van der Waals surface area contributed by atoms with Gasteiger partial charge in [0.15, 0.2) is 0 Å². The van der Waals surface area contributed by atoms with E-state index < -0.39 is 0 Å². The molecule has 54 valence electrons. The number of hydrogen-bond donors (Lipinski definition) is 1. The normalized spacial score (nSPS) is 12.3. The fourth-order valence-electron chi connectivity index (χ4n) is 0.644. The molecule has 1 nitrogen and oxygen atoms in total. The van der Waals surface area contributed by atoms with E-state index in [0.717, 1.165) is 0 Å². The molecule has 0 spiro atoms. The minimum atomic E-state index is 0. The molecule has 0 aromatic rings. The van der Waals surface area contributed by atoms with Crippen molar-refractivity contribution in [1.29, 1.82) is 0 Å². The Bertz CT molecular complexity index is 48.2. The Morgan fingerprint density at radius 3 is 2.33 bits per heavy atom. The third-order valence-corrected chi connectivity index (χ3v) is 1.36. The van der Waals surface area contributed by atoms with Gasteiger partial charge in [-0.25, -0.2) is 0 Å². The molecule has 0 aliphatic heterocycles. The lowest BCUT2D eigenvalue weighted by Crippen LogP contribution is -1.98. The molecule has 1 unspecified atom stereocenters. The Kier molecular flexibility index (Phi) is 12.0. The van der Waals surface area contributed by atoms with E-state index in [1.165, 1.54) is 19.3 Å². The summed E-state index contributed by atoms with van der Waals surface area (Å²) in [7, 11) is 0. The average molecular weight is 143 g/mol.